The van der Waals surface area contributed by atoms with Gasteiger partial charge in [-0.2, -0.15) is 0 Å². The summed E-state index contributed by atoms with van der Waals surface area (Å²) in [5.74, 6) is 1.48. The molecule has 0 spiro atoms. The van der Waals surface area contributed by atoms with Crippen molar-refractivity contribution in [1.29, 1.82) is 0 Å². The Hall–Kier alpha value is -0.0800. The molecule has 0 amide bonds. The molecule has 1 N–H and O–H groups in total. The average molecular weight is 226 g/mol. The summed E-state index contributed by atoms with van der Waals surface area (Å²) in [7, 11) is 0. The van der Waals surface area contributed by atoms with Gasteiger partial charge in [0.05, 0.1) is 0 Å². The largest absolute Gasteiger partial charge is 0.312 e. The van der Waals surface area contributed by atoms with Crippen LogP contribution in [0.25, 0.3) is 0 Å². The predicted octanol–water partition coefficient (Wildman–Crippen LogP) is 2.74. The van der Waals surface area contributed by atoms with Crippen LogP contribution < -0.4 is 5.32 Å². The van der Waals surface area contributed by atoms with Crippen molar-refractivity contribution in [3.05, 3.63) is 0 Å². The van der Waals surface area contributed by atoms with Gasteiger partial charge in [0.15, 0.2) is 0 Å². The van der Waals surface area contributed by atoms with Gasteiger partial charge in [-0.25, -0.2) is 0 Å². The van der Waals surface area contributed by atoms with E-state index in [0.717, 1.165) is 24.4 Å². The predicted molar refractivity (Wildman–Crippen MR) is 71.7 cm³/mol. The minimum absolute atomic E-state index is 0.629. The van der Waals surface area contributed by atoms with E-state index in [-0.39, 0.29) is 0 Å². The fraction of sp³-hybridized carbons (Fsp3) is 1.00. The quantitative estimate of drug-likeness (QED) is 0.749. The van der Waals surface area contributed by atoms with Crippen molar-refractivity contribution in [1.82, 2.24) is 10.2 Å². The third-order valence-corrected chi connectivity index (χ3v) is 4.03. The van der Waals surface area contributed by atoms with Crippen LogP contribution in [-0.2, 0) is 0 Å². The van der Waals surface area contributed by atoms with Gasteiger partial charge < -0.3 is 5.32 Å². The van der Waals surface area contributed by atoms with Crippen LogP contribution >= 0.6 is 0 Å². The van der Waals surface area contributed by atoms with E-state index in [9.17, 15) is 0 Å². The molecule has 1 rings (SSSR count). The third kappa shape index (κ3) is 4.06. The van der Waals surface area contributed by atoms with Gasteiger partial charge in [0, 0.05) is 18.6 Å². The first-order chi connectivity index (χ1) is 7.52. The fourth-order valence-electron chi connectivity index (χ4n) is 2.40. The maximum Gasteiger partial charge on any atom is 0.0243 e. The minimum Gasteiger partial charge on any atom is -0.312 e. The molecule has 1 aliphatic heterocycles. The molecule has 0 aromatic heterocycles. The van der Waals surface area contributed by atoms with E-state index in [4.69, 9.17) is 0 Å². The highest BCUT2D eigenvalue weighted by molar-refractivity contribution is 4.81. The average Bonchev–Trinajstić information content (AvgIpc) is 2.70. The molecule has 2 atom stereocenters. The zero-order valence-corrected chi connectivity index (χ0v) is 11.8. The van der Waals surface area contributed by atoms with Crippen LogP contribution in [0, 0.1) is 11.8 Å². The van der Waals surface area contributed by atoms with Crippen LogP contribution in [0.1, 0.15) is 47.5 Å². The molecule has 2 nitrogen and oxygen atoms in total. The second kappa shape index (κ2) is 6.61. The van der Waals surface area contributed by atoms with Crippen molar-refractivity contribution >= 4 is 0 Å². The summed E-state index contributed by atoms with van der Waals surface area (Å²) in [6.45, 7) is 15.3. The van der Waals surface area contributed by atoms with Crippen LogP contribution in [0.3, 0.4) is 0 Å². The summed E-state index contributed by atoms with van der Waals surface area (Å²) in [5, 5.41) is 3.70. The number of hydrogen-bond acceptors (Lipinski definition) is 2. The van der Waals surface area contributed by atoms with Crippen LogP contribution in [0.2, 0.25) is 0 Å². The van der Waals surface area contributed by atoms with E-state index in [1.807, 2.05) is 0 Å². The standard InChI is InChI=1S/C14H30N2/c1-11(2)13(5)15-10-14(12(3)4)16-8-6-7-9-16/h11-15H,6-10H2,1-5H3. The zero-order chi connectivity index (χ0) is 12.1. The number of hydrogen-bond donors (Lipinski definition) is 1. The molecule has 0 saturated carbocycles. The van der Waals surface area contributed by atoms with Crippen molar-refractivity contribution in [2.24, 2.45) is 11.8 Å². The van der Waals surface area contributed by atoms with Crippen LogP contribution in [0.15, 0.2) is 0 Å². The van der Waals surface area contributed by atoms with E-state index in [1.165, 1.54) is 25.9 Å². The van der Waals surface area contributed by atoms with E-state index in [1.54, 1.807) is 0 Å². The Morgan fingerprint density at radius 1 is 0.938 bits per heavy atom. The molecule has 2 unspecified atom stereocenters. The first kappa shape index (κ1) is 14.0. The lowest BCUT2D eigenvalue weighted by atomic mass is 10.0. The molecule has 0 aromatic rings. The summed E-state index contributed by atoms with van der Waals surface area (Å²) in [6, 6.07) is 1.35. The SMILES string of the molecule is CC(C)C(C)NCC(C(C)C)N1CCCC1. The molecule has 1 heterocycles. The summed E-state index contributed by atoms with van der Waals surface area (Å²) >= 11 is 0. The molecule has 1 saturated heterocycles. The number of nitrogens with one attached hydrogen (secondary N) is 1. The van der Waals surface area contributed by atoms with Gasteiger partial charge >= 0.3 is 0 Å². The topological polar surface area (TPSA) is 15.3 Å². The zero-order valence-electron chi connectivity index (χ0n) is 11.8. The molecule has 1 fully saturated rings. The molecule has 1 aliphatic rings. The molecular weight excluding hydrogens is 196 g/mol. The molecule has 0 aromatic carbocycles. The summed E-state index contributed by atoms with van der Waals surface area (Å²) in [4.78, 5) is 2.67. The van der Waals surface area contributed by atoms with Gasteiger partial charge in [0.1, 0.15) is 0 Å². The van der Waals surface area contributed by atoms with Crippen molar-refractivity contribution in [2.45, 2.75) is 59.5 Å². The summed E-state index contributed by atoms with van der Waals surface area (Å²) < 4.78 is 0. The molecule has 0 radical (unpaired) electrons. The summed E-state index contributed by atoms with van der Waals surface area (Å²) in [6.07, 6.45) is 2.78. The number of likely N-dealkylation sites (tertiary alicyclic amines) is 1. The Bertz CT molecular complexity index is 183. The molecule has 96 valence electrons. The van der Waals surface area contributed by atoms with E-state index >= 15 is 0 Å². The maximum absolute atomic E-state index is 3.70. The van der Waals surface area contributed by atoms with Crippen LogP contribution in [-0.4, -0.2) is 36.6 Å². The first-order valence-electron chi connectivity index (χ1n) is 6.99. The lowest BCUT2D eigenvalue weighted by Crippen LogP contribution is -2.47. The lowest BCUT2D eigenvalue weighted by molar-refractivity contribution is 0.179. The normalized spacial score (nSPS) is 21.9. The molecule has 2 heteroatoms. The highest BCUT2D eigenvalue weighted by Gasteiger charge is 2.24. The van der Waals surface area contributed by atoms with Crippen molar-refractivity contribution in [3.63, 3.8) is 0 Å². The van der Waals surface area contributed by atoms with E-state index in [2.05, 4.69) is 44.8 Å². The van der Waals surface area contributed by atoms with Gasteiger partial charge in [-0.05, 0) is 44.7 Å². The van der Waals surface area contributed by atoms with Crippen LogP contribution in [0.4, 0.5) is 0 Å². The number of rotatable bonds is 6. The van der Waals surface area contributed by atoms with Gasteiger partial charge in [0.2, 0.25) is 0 Å². The highest BCUT2D eigenvalue weighted by atomic mass is 15.2. The van der Waals surface area contributed by atoms with Gasteiger partial charge in [0.25, 0.3) is 0 Å². The third-order valence-electron chi connectivity index (χ3n) is 4.03. The Labute approximate surface area is 102 Å². The molecule has 0 bridgehead atoms. The highest BCUT2D eigenvalue weighted by Crippen LogP contribution is 2.17. The Morgan fingerprint density at radius 3 is 1.94 bits per heavy atom. The molecular formula is C14H30N2. The molecule has 16 heavy (non-hydrogen) atoms. The van der Waals surface area contributed by atoms with Gasteiger partial charge in [-0.15, -0.1) is 0 Å². The smallest absolute Gasteiger partial charge is 0.0243 e. The van der Waals surface area contributed by atoms with Gasteiger partial charge in [-0.1, -0.05) is 27.7 Å². The van der Waals surface area contributed by atoms with Gasteiger partial charge in [-0.3, -0.25) is 4.90 Å². The second-order valence-corrected chi connectivity index (χ2v) is 6.00. The van der Waals surface area contributed by atoms with Crippen LogP contribution in [0.5, 0.6) is 0 Å². The summed E-state index contributed by atoms with van der Waals surface area (Å²) in [5.41, 5.74) is 0. The molecule has 0 aliphatic carbocycles. The monoisotopic (exact) mass is 226 g/mol. The number of nitrogens with zero attached hydrogens (tertiary/aromatic N) is 1. The van der Waals surface area contributed by atoms with Crippen molar-refractivity contribution in [2.75, 3.05) is 19.6 Å². The Balaban J connectivity index is 2.39. The van der Waals surface area contributed by atoms with E-state index < -0.39 is 0 Å². The maximum atomic E-state index is 3.70. The van der Waals surface area contributed by atoms with E-state index in [0.29, 0.717) is 6.04 Å². The lowest BCUT2D eigenvalue weighted by Gasteiger charge is -2.32. The van der Waals surface area contributed by atoms with Crippen molar-refractivity contribution in [3.8, 4) is 0 Å². The Morgan fingerprint density at radius 2 is 1.50 bits per heavy atom. The second-order valence-electron chi connectivity index (χ2n) is 6.00. The first-order valence-corrected chi connectivity index (χ1v) is 6.99. The fourth-order valence-corrected chi connectivity index (χ4v) is 2.40. The Kier molecular flexibility index (Phi) is 5.77. The minimum atomic E-state index is 0.629. The van der Waals surface area contributed by atoms with Crippen molar-refractivity contribution < 1.29 is 0 Å².